The second kappa shape index (κ2) is 4.93. The number of fused-ring (bicyclic) bond motifs is 1. The van der Waals surface area contributed by atoms with Gasteiger partial charge in [-0.05, 0) is 18.8 Å². The fourth-order valence-corrected chi connectivity index (χ4v) is 2.99. The van der Waals surface area contributed by atoms with Crippen LogP contribution in [0, 0.1) is 5.92 Å². The predicted octanol–water partition coefficient (Wildman–Crippen LogP) is 2.16. The Hall–Kier alpha value is -0.420. The van der Waals surface area contributed by atoms with Crippen LogP contribution in [0.3, 0.4) is 0 Å². The molecule has 2 atom stereocenters. The van der Waals surface area contributed by atoms with Gasteiger partial charge in [-0.3, -0.25) is 0 Å². The molecule has 3 rings (SSSR count). The third kappa shape index (κ3) is 2.35. The van der Waals surface area contributed by atoms with Gasteiger partial charge in [-0.1, -0.05) is 25.5 Å². The van der Waals surface area contributed by atoms with E-state index >= 15 is 0 Å². The zero-order chi connectivity index (χ0) is 12.6. The number of ether oxygens (including phenoxy) is 1. The standard InChI is InChI=1S/C14H23NO3/c1-10(2)11-3-4-12-13(9-11)16-14(18-17-12)5-7-15-8-6-14/h9-10,12-13,15H,3-8H2,1-2H3. The van der Waals surface area contributed by atoms with E-state index < -0.39 is 5.79 Å². The maximum atomic E-state index is 6.24. The Kier molecular flexibility index (Phi) is 3.45. The highest BCUT2D eigenvalue weighted by molar-refractivity contribution is 5.14. The summed E-state index contributed by atoms with van der Waals surface area (Å²) < 4.78 is 6.24. The van der Waals surface area contributed by atoms with Gasteiger partial charge in [0.25, 0.3) is 0 Å². The largest absolute Gasteiger partial charge is 0.337 e. The minimum Gasteiger partial charge on any atom is -0.337 e. The van der Waals surface area contributed by atoms with Crippen molar-refractivity contribution in [3.63, 3.8) is 0 Å². The first kappa shape index (κ1) is 12.6. The van der Waals surface area contributed by atoms with Gasteiger partial charge < -0.3 is 10.1 Å². The molecule has 2 unspecified atom stereocenters. The molecule has 1 N–H and O–H groups in total. The van der Waals surface area contributed by atoms with Crippen LogP contribution in [0.4, 0.5) is 0 Å². The number of nitrogens with one attached hydrogen (secondary N) is 1. The summed E-state index contributed by atoms with van der Waals surface area (Å²) in [5.74, 6) is 0.0869. The maximum absolute atomic E-state index is 6.24. The van der Waals surface area contributed by atoms with Gasteiger partial charge in [0.15, 0.2) is 0 Å². The molecule has 2 aliphatic heterocycles. The predicted molar refractivity (Wildman–Crippen MR) is 67.8 cm³/mol. The first-order valence-corrected chi connectivity index (χ1v) is 7.12. The van der Waals surface area contributed by atoms with Crippen LogP contribution in [-0.4, -0.2) is 31.1 Å². The van der Waals surface area contributed by atoms with Crippen LogP contribution < -0.4 is 5.32 Å². The molecule has 1 aliphatic carbocycles. The molecule has 1 spiro atoms. The van der Waals surface area contributed by atoms with E-state index in [1.807, 2.05) is 0 Å². The zero-order valence-electron chi connectivity index (χ0n) is 11.3. The highest BCUT2D eigenvalue weighted by Crippen LogP contribution is 2.38. The second-order valence-corrected chi connectivity index (χ2v) is 5.90. The van der Waals surface area contributed by atoms with E-state index in [0.717, 1.165) is 38.8 Å². The molecule has 0 bridgehead atoms. The summed E-state index contributed by atoms with van der Waals surface area (Å²) >= 11 is 0. The van der Waals surface area contributed by atoms with Crippen LogP contribution >= 0.6 is 0 Å². The highest BCUT2D eigenvalue weighted by atomic mass is 17.2. The Morgan fingerprint density at radius 2 is 2.11 bits per heavy atom. The number of allylic oxidation sites excluding steroid dienone is 1. The number of rotatable bonds is 1. The third-order valence-electron chi connectivity index (χ3n) is 4.24. The van der Waals surface area contributed by atoms with Gasteiger partial charge in [0.2, 0.25) is 5.79 Å². The van der Waals surface area contributed by atoms with Crippen LogP contribution in [0.15, 0.2) is 11.6 Å². The topological polar surface area (TPSA) is 39.7 Å². The SMILES string of the molecule is CC(C)C1=CC2OC3(CCNCC3)OOC2CC1. The van der Waals surface area contributed by atoms with Gasteiger partial charge in [0, 0.05) is 25.9 Å². The van der Waals surface area contributed by atoms with Crippen molar-refractivity contribution in [2.24, 2.45) is 5.92 Å². The molecule has 0 amide bonds. The molecule has 0 radical (unpaired) electrons. The van der Waals surface area contributed by atoms with Crippen molar-refractivity contribution in [2.45, 2.75) is 57.5 Å². The van der Waals surface area contributed by atoms with Gasteiger partial charge in [0.1, 0.15) is 12.2 Å². The summed E-state index contributed by atoms with van der Waals surface area (Å²) in [4.78, 5) is 11.2. The van der Waals surface area contributed by atoms with E-state index in [0.29, 0.717) is 5.92 Å². The van der Waals surface area contributed by atoms with Crippen molar-refractivity contribution < 1.29 is 14.5 Å². The fraction of sp³-hybridized carbons (Fsp3) is 0.857. The molecule has 0 aromatic rings. The maximum Gasteiger partial charge on any atom is 0.204 e. The molecule has 3 aliphatic rings. The zero-order valence-corrected chi connectivity index (χ0v) is 11.3. The van der Waals surface area contributed by atoms with Gasteiger partial charge in [-0.25, -0.2) is 9.78 Å². The summed E-state index contributed by atoms with van der Waals surface area (Å²) in [5, 5.41) is 3.32. The van der Waals surface area contributed by atoms with Crippen LogP contribution in [0.25, 0.3) is 0 Å². The molecular formula is C14H23NO3. The lowest BCUT2D eigenvalue weighted by Gasteiger charge is -2.46. The molecule has 0 aromatic heterocycles. The fourth-order valence-electron chi connectivity index (χ4n) is 2.99. The van der Waals surface area contributed by atoms with Crippen LogP contribution in [-0.2, 0) is 14.5 Å². The van der Waals surface area contributed by atoms with E-state index in [9.17, 15) is 0 Å². The van der Waals surface area contributed by atoms with Crippen molar-refractivity contribution in [1.82, 2.24) is 5.32 Å². The van der Waals surface area contributed by atoms with Gasteiger partial charge in [-0.2, -0.15) is 0 Å². The Labute approximate surface area is 109 Å². The summed E-state index contributed by atoms with van der Waals surface area (Å²) in [6.07, 6.45) is 6.24. The third-order valence-corrected chi connectivity index (χ3v) is 4.24. The van der Waals surface area contributed by atoms with E-state index in [-0.39, 0.29) is 12.2 Å². The van der Waals surface area contributed by atoms with E-state index in [4.69, 9.17) is 14.5 Å². The lowest BCUT2D eigenvalue weighted by molar-refractivity contribution is -0.502. The lowest BCUT2D eigenvalue weighted by atomic mass is 9.88. The molecule has 0 aromatic carbocycles. The van der Waals surface area contributed by atoms with Crippen molar-refractivity contribution in [2.75, 3.05) is 13.1 Å². The van der Waals surface area contributed by atoms with Crippen molar-refractivity contribution in [3.8, 4) is 0 Å². The first-order chi connectivity index (χ1) is 8.69. The minimum absolute atomic E-state index is 0.0722. The van der Waals surface area contributed by atoms with Crippen LogP contribution in [0.2, 0.25) is 0 Å². The van der Waals surface area contributed by atoms with E-state index in [2.05, 4.69) is 25.2 Å². The number of hydrogen-bond donors (Lipinski definition) is 1. The van der Waals surface area contributed by atoms with Crippen molar-refractivity contribution >= 4 is 0 Å². The highest BCUT2D eigenvalue weighted by Gasteiger charge is 2.45. The van der Waals surface area contributed by atoms with Crippen LogP contribution in [0.5, 0.6) is 0 Å². The molecular weight excluding hydrogens is 230 g/mol. The number of hydrogen-bond acceptors (Lipinski definition) is 4. The van der Waals surface area contributed by atoms with Crippen molar-refractivity contribution in [1.29, 1.82) is 0 Å². The monoisotopic (exact) mass is 253 g/mol. The van der Waals surface area contributed by atoms with Crippen LogP contribution in [0.1, 0.15) is 39.5 Å². The van der Waals surface area contributed by atoms with E-state index in [1.54, 1.807) is 0 Å². The number of piperidine rings is 1. The summed E-state index contributed by atoms with van der Waals surface area (Å²) in [6, 6.07) is 0. The summed E-state index contributed by atoms with van der Waals surface area (Å²) in [7, 11) is 0. The smallest absolute Gasteiger partial charge is 0.204 e. The summed E-state index contributed by atoms with van der Waals surface area (Å²) in [6.45, 7) is 6.35. The Morgan fingerprint density at radius 1 is 1.33 bits per heavy atom. The lowest BCUT2D eigenvalue weighted by Crippen LogP contribution is -2.55. The molecule has 2 fully saturated rings. The molecule has 18 heavy (non-hydrogen) atoms. The normalized spacial score (nSPS) is 35.4. The van der Waals surface area contributed by atoms with Gasteiger partial charge in [0.05, 0.1) is 0 Å². The second-order valence-electron chi connectivity index (χ2n) is 5.90. The average molecular weight is 253 g/mol. The van der Waals surface area contributed by atoms with Crippen molar-refractivity contribution in [3.05, 3.63) is 11.6 Å². The molecule has 102 valence electrons. The molecule has 0 saturated carbocycles. The van der Waals surface area contributed by atoms with E-state index in [1.165, 1.54) is 5.57 Å². The first-order valence-electron chi connectivity index (χ1n) is 7.12. The molecule has 4 heteroatoms. The molecule has 2 heterocycles. The molecule has 4 nitrogen and oxygen atoms in total. The Balaban J connectivity index is 1.74. The van der Waals surface area contributed by atoms with Gasteiger partial charge in [-0.15, -0.1) is 0 Å². The minimum atomic E-state index is -0.512. The van der Waals surface area contributed by atoms with Gasteiger partial charge >= 0.3 is 0 Å². The Morgan fingerprint density at radius 3 is 2.83 bits per heavy atom. The quantitative estimate of drug-likeness (QED) is 0.574. The summed E-state index contributed by atoms with van der Waals surface area (Å²) in [5.41, 5.74) is 1.49. The molecule has 2 saturated heterocycles. The average Bonchev–Trinajstić information content (AvgIpc) is 2.38. The Bertz CT molecular complexity index is 334.